The molecule has 0 bridgehead atoms. The molecule has 0 radical (unpaired) electrons. The van der Waals surface area contributed by atoms with E-state index in [0.717, 1.165) is 29.9 Å². The zero-order chi connectivity index (χ0) is 46.9. The maximum Gasteiger partial charge on any atom is 0.264 e. The highest BCUT2D eigenvalue weighted by molar-refractivity contribution is 6.26. The van der Waals surface area contributed by atoms with Gasteiger partial charge in [-0.1, -0.05) is 63.6 Å². The van der Waals surface area contributed by atoms with Gasteiger partial charge in [0.1, 0.15) is 18.4 Å². The minimum Gasteiger partial charge on any atom is -0.491 e. The second kappa shape index (κ2) is 34.0. The van der Waals surface area contributed by atoms with Gasteiger partial charge in [0.2, 0.25) is 17.7 Å². The first-order valence-corrected chi connectivity index (χ1v) is 23.9. The van der Waals surface area contributed by atoms with Crippen LogP contribution in [-0.2, 0) is 58.7 Å². The van der Waals surface area contributed by atoms with Crippen LogP contribution in [0.2, 0.25) is 0 Å². The number of ether oxygens (including phenoxy) is 9. The molecule has 1 unspecified atom stereocenters. The lowest BCUT2D eigenvalue weighted by Crippen LogP contribution is -2.54. The summed E-state index contributed by atoms with van der Waals surface area (Å²) in [5, 5.41) is 4.91. The van der Waals surface area contributed by atoms with E-state index in [4.69, 9.17) is 42.6 Å². The number of hydrogen-bond acceptors (Lipinski definition) is 14. The number of nitrogens with zero attached hydrogens (tertiary/aromatic N) is 1. The van der Waals surface area contributed by atoms with Gasteiger partial charge in [0.15, 0.2) is 0 Å². The predicted octanol–water partition coefficient (Wildman–Crippen LogP) is 5.70. The predicted molar refractivity (Wildman–Crippen MR) is 246 cm³/mol. The number of amides is 5. The molecule has 1 atom stereocenters. The quantitative estimate of drug-likeness (QED) is 0.0610. The Labute approximate surface area is 390 Å². The van der Waals surface area contributed by atoms with Gasteiger partial charge >= 0.3 is 0 Å². The number of aryl methyl sites for hydroxylation is 1. The van der Waals surface area contributed by atoms with E-state index in [1.165, 1.54) is 50.2 Å². The first kappa shape index (κ1) is 54.3. The molecule has 17 heteroatoms. The summed E-state index contributed by atoms with van der Waals surface area (Å²) in [7, 11) is 0. The Morgan fingerprint density at radius 2 is 1.11 bits per heavy atom. The fourth-order valence-corrected chi connectivity index (χ4v) is 7.22. The molecule has 0 saturated carbocycles. The minimum absolute atomic E-state index is 0.0286. The summed E-state index contributed by atoms with van der Waals surface area (Å²) in [6.07, 6.45) is 11.5. The molecule has 1 saturated heterocycles. The molecular weight excluding hydrogens is 855 g/mol. The molecule has 66 heavy (non-hydrogen) atoms. The fourth-order valence-electron chi connectivity index (χ4n) is 7.22. The van der Waals surface area contributed by atoms with Crippen LogP contribution in [0.4, 0.5) is 5.69 Å². The first-order valence-electron chi connectivity index (χ1n) is 23.9. The van der Waals surface area contributed by atoms with Crippen LogP contribution < -0.4 is 15.4 Å². The van der Waals surface area contributed by atoms with Crippen molar-refractivity contribution in [2.24, 2.45) is 0 Å². The molecule has 2 N–H and O–H groups in total. The Bertz CT molecular complexity index is 1710. The number of rotatable bonds is 40. The summed E-state index contributed by atoms with van der Waals surface area (Å²) in [6, 6.07) is 11.9. The summed E-state index contributed by atoms with van der Waals surface area (Å²) >= 11 is 0. The number of unbranched alkanes of at least 4 members (excludes halogenated alkanes) is 7. The van der Waals surface area contributed by atoms with Crippen LogP contribution in [0.5, 0.6) is 5.75 Å². The van der Waals surface area contributed by atoms with Gasteiger partial charge in [-0.2, -0.15) is 0 Å². The molecule has 368 valence electrons. The van der Waals surface area contributed by atoms with Crippen molar-refractivity contribution in [2.75, 3.05) is 118 Å². The normalized spacial score (nSPS) is 14.8. The number of piperidine rings is 1. The molecule has 0 spiro atoms. The van der Waals surface area contributed by atoms with Gasteiger partial charge in [0, 0.05) is 19.4 Å². The third kappa shape index (κ3) is 21.5. The fraction of sp³-hybridized carbons (Fsp3) is 0.653. The van der Waals surface area contributed by atoms with Crippen LogP contribution in [0.3, 0.4) is 0 Å². The molecule has 5 amide bonds. The second-order valence-corrected chi connectivity index (χ2v) is 15.9. The topological polar surface area (TPSA) is 196 Å². The molecule has 2 heterocycles. The summed E-state index contributed by atoms with van der Waals surface area (Å²) in [4.78, 5) is 63.7. The van der Waals surface area contributed by atoms with Crippen molar-refractivity contribution in [3.63, 3.8) is 0 Å². The lowest BCUT2D eigenvalue weighted by Gasteiger charge is -2.27. The van der Waals surface area contributed by atoms with E-state index in [1.807, 2.05) is 12.1 Å². The van der Waals surface area contributed by atoms with Crippen LogP contribution in [0.15, 0.2) is 42.5 Å². The van der Waals surface area contributed by atoms with E-state index in [9.17, 15) is 24.0 Å². The number of carbonyl (C=O) groups is 5. The van der Waals surface area contributed by atoms with E-state index in [2.05, 4.69) is 29.7 Å². The maximum absolute atomic E-state index is 13.2. The molecule has 0 aliphatic carbocycles. The highest BCUT2D eigenvalue weighted by Crippen LogP contribution is 2.32. The van der Waals surface area contributed by atoms with Gasteiger partial charge in [-0.25, -0.2) is 0 Å². The van der Waals surface area contributed by atoms with Crippen LogP contribution in [0.25, 0.3) is 0 Å². The monoisotopic (exact) mass is 928 g/mol. The van der Waals surface area contributed by atoms with Gasteiger partial charge in [-0.3, -0.25) is 34.2 Å². The van der Waals surface area contributed by atoms with Crippen molar-refractivity contribution in [2.45, 2.75) is 96.4 Å². The number of anilines is 1. The molecule has 2 aromatic carbocycles. The van der Waals surface area contributed by atoms with E-state index >= 15 is 0 Å². The number of benzene rings is 2. The van der Waals surface area contributed by atoms with Crippen LogP contribution in [0.1, 0.15) is 110 Å². The summed E-state index contributed by atoms with van der Waals surface area (Å²) in [5.41, 5.74) is 1.75. The summed E-state index contributed by atoms with van der Waals surface area (Å²) in [5.74, 6) is -1.84. The van der Waals surface area contributed by atoms with E-state index < -0.39 is 29.7 Å². The van der Waals surface area contributed by atoms with E-state index in [1.54, 1.807) is 12.1 Å². The average Bonchev–Trinajstić information content (AvgIpc) is 3.57. The van der Waals surface area contributed by atoms with Crippen molar-refractivity contribution in [1.82, 2.24) is 10.2 Å². The zero-order valence-electron chi connectivity index (χ0n) is 39.0. The van der Waals surface area contributed by atoms with Gasteiger partial charge in [0.05, 0.1) is 116 Å². The summed E-state index contributed by atoms with van der Waals surface area (Å²) < 4.78 is 50.2. The van der Waals surface area contributed by atoms with Gasteiger partial charge in [0.25, 0.3) is 11.8 Å². The molecule has 1 fully saturated rings. The number of hydrogen-bond donors (Lipinski definition) is 2. The highest BCUT2D eigenvalue weighted by atomic mass is 16.6. The van der Waals surface area contributed by atoms with E-state index in [-0.39, 0.29) is 42.0 Å². The number of carbonyl (C=O) groups excluding carboxylic acids is 5. The standard InChI is InChI=1S/C49H73N3O14/c1-2-3-4-5-6-8-12-39-16-18-40(19-17-39)66-38-37-65-36-35-64-34-33-63-32-31-62-30-29-61-28-27-60-26-25-59-24-23-58-22-10-7-9-15-44(53)50-42-14-11-13-41-46(42)49(57)52(48(41)56)43-20-21-45(54)51-47(43)55/h11,13-14,16-19,43H,2-10,12,15,20-38H2,1H3,(H,50,53)(H,51,54,55). The van der Waals surface area contributed by atoms with E-state index in [0.29, 0.717) is 119 Å². The molecule has 2 aliphatic heterocycles. The smallest absolute Gasteiger partial charge is 0.264 e. The van der Waals surface area contributed by atoms with Crippen molar-refractivity contribution >= 4 is 35.2 Å². The SMILES string of the molecule is CCCCCCCCc1ccc(OCCOCCOCCOCCOCCOCCOCCOCCOCCCCCC(=O)Nc2cccc3c2C(=O)N(C2CCC(=O)NC2=O)C3=O)cc1. The van der Waals surface area contributed by atoms with Crippen molar-refractivity contribution < 1.29 is 66.6 Å². The molecule has 17 nitrogen and oxygen atoms in total. The molecule has 2 aromatic rings. The van der Waals surface area contributed by atoms with Crippen LogP contribution in [0, 0.1) is 0 Å². The summed E-state index contributed by atoms with van der Waals surface area (Å²) in [6.45, 7) is 10.4. The van der Waals surface area contributed by atoms with Gasteiger partial charge < -0.3 is 47.9 Å². The minimum atomic E-state index is -1.07. The number of imide groups is 2. The highest BCUT2D eigenvalue weighted by Gasteiger charge is 2.45. The third-order valence-corrected chi connectivity index (χ3v) is 10.8. The van der Waals surface area contributed by atoms with Crippen molar-refractivity contribution in [1.29, 1.82) is 0 Å². The van der Waals surface area contributed by atoms with Crippen molar-refractivity contribution in [3.8, 4) is 5.75 Å². The Balaban J connectivity index is 0.824. The third-order valence-electron chi connectivity index (χ3n) is 10.8. The first-order chi connectivity index (χ1) is 32.4. The Morgan fingerprint density at radius 3 is 1.67 bits per heavy atom. The largest absolute Gasteiger partial charge is 0.491 e. The Hall–Kier alpha value is -4.33. The molecule has 0 aromatic heterocycles. The molecular formula is C49H73N3O14. The zero-order valence-corrected chi connectivity index (χ0v) is 39.0. The van der Waals surface area contributed by atoms with Gasteiger partial charge in [-0.05, 0) is 61.9 Å². The number of fused-ring (bicyclic) bond motifs is 1. The molecule has 2 aliphatic rings. The van der Waals surface area contributed by atoms with Crippen molar-refractivity contribution in [3.05, 3.63) is 59.2 Å². The maximum atomic E-state index is 13.2. The van der Waals surface area contributed by atoms with Crippen LogP contribution in [-0.4, -0.2) is 153 Å². The Morgan fingerprint density at radius 1 is 0.591 bits per heavy atom. The van der Waals surface area contributed by atoms with Crippen LogP contribution >= 0.6 is 0 Å². The second-order valence-electron chi connectivity index (χ2n) is 15.9. The molecule has 4 rings (SSSR count). The lowest BCUT2D eigenvalue weighted by molar-refractivity contribution is -0.136. The Kier molecular flexibility index (Phi) is 28.0. The van der Waals surface area contributed by atoms with Gasteiger partial charge in [-0.15, -0.1) is 0 Å². The average molecular weight is 928 g/mol. The lowest BCUT2D eigenvalue weighted by atomic mass is 10.0. The number of nitrogens with one attached hydrogen (secondary N) is 2.